The molecule has 4 heteroatoms. The third-order valence-electron chi connectivity index (χ3n) is 2.70. The highest BCUT2D eigenvalue weighted by molar-refractivity contribution is 6.30. The lowest BCUT2D eigenvalue weighted by Crippen LogP contribution is -2.02. The van der Waals surface area contributed by atoms with Crippen LogP contribution < -0.4 is 5.43 Å². The van der Waals surface area contributed by atoms with Crippen LogP contribution in [0.4, 0.5) is 5.69 Å². The van der Waals surface area contributed by atoms with Crippen LogP contribution in [0, 0.1) is 0 Å². The van der Waals surface area contributed by atoms with Gasteiger partial charge in [0.2, 0.25) is 0 Å². The van der Waals surface area contributed by atoms with Crippen molar-refractivity contribution in [1.82, 2.24) is 0 Å². The molecule has 0 spiro atoms. The summed E-state index contributed by atoms with van der Waals surface area (Å²) >= 11 is 5.83. The number of benzene rings is 2. The highest BCUT2D eigenvalue weighted by Gasteiger charge is 2.01. The van der Waals surface area contributed by atoms with Gasteiger partial charge in [-0.2, -0.15) is 5.10 Å². The van der Waals surface area contributed by atoms with E-state index in [4.69, 9.17) is 11.6 Å². The third-order valence-corrected chi connectivity index (χ3v) is 2.95. The van der Waals surface area contributed by atoms with Gasteiger partial charge in [-0.3, -0.25) is 5.43 Å². The molecule has 2 aromatic carbocycles. The molecule has 19 heavy (non-hydrogen) atoms. The number of nitrogens with zero attached hydrogens (tertiary/aromatic N) is 1. The van der Waals surface area contributed by atoms with Crippen molar-refractivity contribution in [3.8, 4) is 5.75 Å². The number of phenols is 1. The van der Waals surface area contributed by atoms with Crippen LogP contribution >= 0.6 is 11.6 Å². The molecular formula is C15H15ClN2O. The van der Waals surface area contributed by atoms with Gasteiger partial charge in [0.15, 0.2) is 0 Å². The molecule has 0 amide bonds. The molecule has 98 valence electrons. The lowest BCUT2D eigenvalue weighted by molar-refractivity contribution is 0.475. The molecule has 2 rings (SSSR count). The summed E-state index contributed by atoms with van der Waals surface area (Å²) in [4.78, 5) is 0. The lowest BCUT2D eigenvalue weighted by atomic mass is 10.1. The van der Waals surface area contributed by atoms with Gasteiger partial charge in [-0.1, -0.05) is 18.5 Å². The van der Waals surface area contributed by atoms with Gasteiger partial charge in [0, 0.05) is 5.02 Å². The largest absolute Gasteiger partial charge is 0.508 e. The molecule has 0 aromatic heterocycles. The number of hydrazone groups is 1. The fourth-order valence-corrected chi connectivity index (χ4v) is 1.78. The van der Waals surface area contributed by atoms with E-state index in [1.165, 1.54) is 0 Å². The zero-order valence-corrected chi connectivity index (χ0v) is 11.4. The first-order valence-electron chi connectivity index (χ1n) is 6.06. The summed E-state index contributed by atoms with van der Waals surface area (Å²) in [7, 11) is 0. The second kappa shape index (κ2) is 6.25. The van der Waals surface area contributed by atoms with Gasteiger partial charge >= 0.3 is 0 Å². The molecule has 0 saturated carbocycles. The van der Waals surface area contributed by atoms with Crippen LogP contribution in [0.15, 0.2) is 53.6 Å². The Kier molecular flexibility index (Phi) is 4.42. The summed E-state index contributed by atoms with van der Waals surface area (Å²) in [5.74, 6) is 0.255. The van der Waals surface area contributed by atoms with E-state index in [0.29, 0.717) is 5.02 Å². The van der Waals surface area contributed by atoms with Crippen molar-refractivity contribution in [2.75, 3.05) is 5.43 Å². The van der Waals surface area contributed by atoms with Gasteiger partial charge in [0.25, 0.3) is 0 Å². The SMILES string of the molecule is CC/C(=N\Nc1ccc(Cl)cc1)c1ccc(O)cc1. The van der Waals surface area contributed by atoms with Gasteiger partial charge in [0.1, 0.15) is 5.75 Å². The molecule has 0 radical (unpaired) electrons. The zero-order chi connectivity index (χ0) is 13.7. The summed E-state index contributed by atoms with van der Waals surface area (Å²) in [5, 5.41) is 14.4. The number of nitrogens with one attached hydrogen (secondary N) is 1. The number of rotatable bonds is 4. The average Bonchev–Trinajstić information content (AvgIpc) is 2.43. The van der Waals surface area contributed by atoms with E-state index in [0.717, 1.165) is 23.4 Å². The topological polar surface area (TPSA) is 44.6 Å². The smallest absolute Gasteiger partial charge is 0.115 e. The van der Waals surface area contributed by atoms with Crippen molar-refractivity contribution >= 4 is 23.0 Å². The van der Waals surface area contributed by atoms with Crippen molar-refractivity contribution in [1.29, 1.82) is 0 Å². The maximum absolute atomic E-state index is 9.28. The maximum Gasteiger partial charge on any atom is 0.115 e. The van der Waals surface area contributed by atoms with Crippen molar-refractivity contribution in [2.45, 2.75) is 13.3 Å². The normalized spacial score (nSPS) is 11.4. The van der Waals surface area contributed by atoms with Crippen LogP contribution in [-0.2, 0) is 0 Å². The Labute approximate surface area is 117 Å². The molecule has 0 aliphatic carbocycles. The van der Waals surface area contributed by atoms with Crippen molar-refractivity contribution < 1.29 is 5.11 Å². The minimum absolute atomic E-state index is 0.255. The van der Waals surface area contributed by atoms with Crippen molar-refractivity contribution in [3.05, 3.63) is 59.1 Å². The second-order valence-electron chi connectivity index (χ2n) is 4.08. The number of hydrogen-bond donors (Lipinski definition) is 2. The fraction of sp³-hybridized carbons (Fsp3) is 0.133. The molecular weight excluding hydrogens is 260 g/mol. The van der Waals surface area contributed by atoms with Gasteiger partial charge < -0.3 is 5.11 Å². The number of aromatic hydroxyl groups is 1. The maximum atomic E-state index is 9.28. The Balaban J connectivity index is 2.15. The molecule has 2 N–H and O–H groups in total. The van der Waals surface area contributed by atoms with E-state index in [1.807, 2.05) is 43.3 Å². The van der Waals surface area contributed by atoms with E-state index < -0.39 is 0 Å². The van der Waals surface area contributed by atoms with Crippen LogP contribution in [0.2, 0.25) is 5.02 Å². The van der Waals surface area contributed by atoms with Gasteiger partial charge in [-0.25, -0.2) is 0 Å². The first-order chi connectivity index (χ1) is 9.19. The van der Waals surface area contributed by atoms with E-state index >= 15 is 0 Å². The summed E-state index contributed by atoms with van der Waals surface area (Å²) < 4.78 is 0. The number of halogens is 1. The Morgan fingerprint density at radius 2 is 1.74 bits per heavy atom. The number of phenolic OH excluding ortho intramolecular Hbond substituents is 1. The number of hydrogen-bond acceptors (Lipinski definition) is 3. The fourth-order valence-electron chi connectivity index (χ4n) is 1.66. The Bertz CT molecular complexity index is 562. The standard InChI is InChI=1S/C15H15ClN2O/c1-2-15(11-3-9-14(19)10-4-11)18-17-13-7-5-12(16)6-8-13/h3-10,17,19H,2H2,1H3/b18-15+. The first kappa shape index (κ1) is 13.4. The molecule has 3 nitrogen and oxygen atoms in total. The molecule has 0 unspecified atom stereocenters. The molecule has 0 heterocycles. The minimum atomic E-state index is 0.255. The van der Waals surface area contributed by atoms with E-state index in [9.17, 15) is 5.11 Å². The highest BCUT2D eigenvalue weighted by atomic mass is 35.5. The summed E-state index contributed by atoms with van der Waals surface area (Å²) in [5.41, 5.74) is 5.80. The van der Waals surface area contributed by atoms with Crippen LogP contribution in [0.3, 0.4) is 0 Å². The predicted molar refractivity (Wildman–Crippen MR) is 80.0 cm³/mol. The monoisotopic (exact) mass is 274 g/mol. The van der Waals surface area contributed by atoms with Gasteiger partial charge in [0.05, 0.1) is 11.4 Å². The Morgan fingerprint density at radius 1 is 1.11 bits per heavy atom. The van der Waals surface area contributed by atoms with Crippen molar-refractivity contribution in [2.24, 2.45) is 5.10 Å². The summed E-state index contributed by atoms with van der Waals surface area (Å²) in [6, 6.07) is 14.4. The number of anilines is 1. The van der Waals surface area contributed by atoms with Crippen LogP contribution in [0.25, 0.3) is 0 Å². The first-order valence-corrected chi connectivity index (χ1v) is 6.44. The van der Waals surface area contributed by atoms with Crippen LogP contribution in [0.5, 0.6) is 5.75 Å². The molecule has 0 saturated heterocycles. The second-order valence-corrected chi connectivity index (χ2v) is 4.51. The van der Waals surface area contributed by atoms with E-state index in [2.05, 4.69) is 10.5 Å². The summed E-state index contributed by atoms with van der Waals surface area (Å²) in [6.07, 6.45) is 0.797. The van der Waals surface area contributed by atoms with E-state index in [-0.39, 0.29) is 5.75 Å². The molecule has 0 bridgehead atoms. The minimum Gasteiger partial charge on any atom is -0.508 e. The van der Waals surface area contributed by atoms with Gasteiger partial charge in [-0.05, 0) is 60.5 Å². The van der Waals surface area contributed by atoms with Gasteiger partial charge in [-0.15, -0.1) is 0 Å². The van der Waals surface area contributed by atoms with Crippen LogP contribution in [-0.4, -0.2) is 10.8 Å². The summed E-state index contributed by atoms with van der Waals surface area (Å²) in [6.45, 7) is 2.04. The highest BCUT2D eigenvalue weighted by Crippen LogP contribution is 2.15. The molecule has 0 atom stereocenters. The third kappa shape index (κ3) is 3.73. The molecule has 0 aliphatic heterocycles. The Hall–Kier alpha value is -2.00. The average molecular weight is 275 g/mol. The van der Waals surface area contributed by atoms with Crippen molar-refractivity contribution in [3.63, 3.8) is 0 Å². The lowest BCUT2D eigenvalue weighted by Gasteiger charge is -2.06. The zero-order valence-electron chi connectivity index (χ0n) is 10.6. The quantitative estimate of drug-likeness (QED) is 0.646. The molecule has 0 aliphatic rings. The predicted octanol–water partition coefficient (Wildman–Crippen LogP) is 4.27. The van der Waals surface area contributed by atoms with Crippen LogP contribution in [0.1, 0.15) is 18.9 Å². The molecule has 2 aromatic rings. The molecule has 0 fully saturated rings. The van der Waals surface area contributed by atoms with E-state index in [1.54, 1.807) is 12.1 Å². The Morgan fingerprint density at radius 3 is 2.32 bits per heavy atom.